The maximum absolute atomic E-state index is 9.75. The third kappa shape index (κ3) is 6.49. The molecule has 1 aromatic heterocycles. The fourth-order valence-electron chi connectivity index (χ4n) is 4.75. The van der Waals surface area contributed by atoms with Gasteiger partial charge in [0.1, 0.15) is 6.54 Å². The van der Waals surface area contributed by atoms with Gasteiger partial charge in [-0.05, 0) is 42.0 Å². The normalized spacial score (nSPS) is 12.9. The molecule has 1 aliphatic carbocycles. The first-order valence-electron chi connectivity index (χ1n) is 12.1. The van der Waals surface area contributed by atoms with Crippen molar-refractivity contribution in [1.29, 1.82) is 0 Å². The maximum Gasteiger partial charge on any atom is 0.673 e. The van der Waals surface area contributed by atoms with Crippen molar-refractivity contribution >= 4 is 7.25 Å². The van der Waals surface area contributed by atoms with Crippen molar-refractivity contribution in [3.8, 4) is 22.4 Å². The number of aromatic nitrogens is 1. The van der Waals surface area contributed by atoms with Crippen LogP contribution < -0.4 is 4.57 Å². The van der Waals surface area contributed by atoms with E-state index in [1.807, 2.05) is 0 Å². The van der Waals surface area contributed by atoms with Gasteiger partial charge in [0.05, 0.1) is 0 Å². The summed E-state index contributed by atoms with van der Waals surface area (Å²) in [6.07, 6.45) is 6.03. The predicted molar refractivity (Wildman–Crippen MR) is 133 cm³/mol. The van der Waals surface area contributed by atoms with Crippen LogP contribution in [0.5, 0.6) is 0 Å². The molecule has 1 nitrogen and oxygen atoms in total. The van der Waals surface area contributed by atoms with E-state index in [-0.39, 0.29) is 5.41 Å². The van der Waals surface area contributed by atoms with Gasteiger partial charge in [0.2, 0.25) is 5.69 Å². The highest BCUT2D eigenvalue weighted by molar-refractivity contribution is 6.50. The molecule has 1 heterocycles. The topological polar surface area (TPSA) is 3.88 Å². The molecule has 3 aromatic rings. The van der Waals surface area contributed by atoms with E-state index in [0.29, 0.717) is 0 Å². The zero-order valence-electron chi connectivity index (χ0n) is 20.6. The Labute approximate surface area is 201 Å². The molecule has 0 saturated carbocycles. The Morgan fingerprint density at radius 2 is 1.44 bits per heavy atom. The van der Waals surface area contributed by atoms with Gasteiger partial charge in [-0.15, -0.1) is 0 Å². The molecule has 0 unspecified atom stereocenters. The molecule has 0 bridgehead atoms. The lowest BCUT2D eigenvalue weighted by molar-refractivity contribution is -0.697. The Balaban J connectivity index is 0.000000588. The van der Waals surface area contributed by atoms with E-state index < -0.39 is 7.25 Å². The van der Waals surface area contributed by atoms with Gasteiger partial charge in [-0.2, -0.15) is 4.57 Å². The Morgan fingerprint density at radius 1 is 0.824 bits per heavy atom. The zero-order chi connectivity index (χ0) is 24.9. The van der Waals surface area contributed by atoms with Crippen molar-refractivity contribution in [2.45, 2.75) is 71.8 Å². The average Bonchev–Trinajstić information content (AvgIpc) is 2.77. The number of hydrogen-bond donors (Lipinski definition) is 0. The number of fused-ring (bicyclic) bond motifs is 3. The van der Waals surface area contributed by atoms with Gasteiger partial charge in [0.25, 0.3) is 0 Å². The summed E-state index contributed by atoms with van der Waals surface area (Å²) in [5, 5.41) is 0. The van der Waals surface area contributed by atoms with E-state index in [1.165, 1.54) is 58.5 Å². The number of benzene rings is 2. The van der Waals surface area contributed by atoms with E-state index in [4.69, 9.17) is 0 Å². The molecule has 0 atom stereocenters. The van der Waals surface area contributed by atoms with E-state index in [9.17, 15) is 17.3 Å². The second-order valence-electron chi connectivity index (χ2n) is 9.90. The zero-order valence-corrected chi connectivity index (χ0v) is 20.6. The lowest BCUT2D eigenvalue weighted by Gasteiger charge is -2.26. The third-order valence-electron chi connectivity index (χ3n) is 6.21. The standard InChI is InChI=1S/C28H34N.BF4/c1-5-6-12-19-29-26(28(2,3)4)20-25(21-13-8-7-9-14-21)24-18-17-22-15-10-11-16-23(22)27(24)29;2-1(3,4)5/h7-11,13-16,20H,5-6,12,17-19H2,1-4H3;/q+1;-1. The molecular weight excluding hydrogens is 437 g/mol. The average molecular weight is 471 g/mol. The van der Waals surface area contributed by atoms with E-state index >= 15 is 0 Å². The van der Waals surface area contributed by atoms with Crippen molar-refractivity contribution < 1.29 is 21.8 Å². The Bertz CT molecular complexity index is 1100. The Morgan fingerprint density at radius 3 is 2.06 bits per heavy atom. The summed E-state index contributed by atoms with van der Waals surface area (Å²) >= 11 is 0. The van der Waals surface area contributed by atoms with Crippen molar-refractivity contribution in [2.75, 3.05) is 0 Å². The largest absolute Gasteiger partial charge is 0.673 e. The number of hydrogen-bond acceptors (Lipinski definition) is 0. The molecule has 0 amide bonds. The monoisotopic (exact) mass is 471 g/mol. The molecule has 2 aromatic carbocycles. The molecule has 1 aliphatic rings. The maximum atomic E-state index is 9.75. The molecule has 0 spiro atoms. The molecule has 182 valence electrons. The smallest absolute Gasteiger partial charge is 0.418 e. The van der Waals surface area contributed by atoms with E-state index in [1.54, 1.807) is 0 Å². The molecule has 0 N–H and O–H groups in total. The summed E-state index contributed by atoms with van der Waals surface area (Å²) in [4.78, 5) is 0. The summed E-state index contributed by atoms with van der Waals surface area (Å²) in [5.74, 6) is 0. The summed E-state index contributed by atoms with van der Waals surface area (Å²) < 4.78 is 41.7. The summed E-state index contributed by atoms with van der Waals surface area (Å²) in [6, 6.07) is 22.5. The number of nitrogens with zero attached hydrogens (tertiary/aromatic N) is 1. The van der Waals surface area contributed by atoms with Crippen LogP contribution in [-0.4, -0.2) is 7.25 Å². The fourth-order valence-corrected chi connectivity index (χ4v) is 4.75. The second-order valence-corrected chi connectivity index (χ2v) is 9.90. The van der Waals surface area contributed by atoms with Crippen LogP contribution in [0.1, 0.15) is 63.8 Å². The first-order valence-corrected chi connectivity index (χ1v) is 12.1. The van der Waals surface area contributed by atoms with Crippen LogP contribution in [0.3, 0.4) is 0 Å². The second kappa shape index (κ2) is 10.8. The minimum atomic E-state index is -6.00. The predicted octanol–water partition coefficient (Wildman–Crippen LogP) is 8.19. The minimum Gasteiger partial charge on any atom is -0.418 e. The Kier molecular flexibility index (Phi) is 8.22. The Hall–Kier alpha value is -2.63. The number of unbranched alkanes of at least 4 members (excludes halogenated alkanes) is 2. The first kappa shape index (κ1) is 26.0. The van der Waals surface area contributed by atoms with Gasteiger partial charge in [-0.1, -0.05) is 82.6 Å². The quantitative estimate of drug-likeness (QED) is 0.153. The summed E-state index contributed by atoms with van der Waals surface area (Å²) in [5.41, 5.74) is 10.2. The molecule has 6 heteroatoms. The fraction of sp³-hybridized carbons (Fsp3) is 0.393. The molecule has 0 aliphatic heterocycles. The van der Waals surface area contributed by atoms with Crippen LogP contribution in [0.25, 0.3) is 22.4 Å². The molecule has 4 rings (SSSR count). The molecule has 34 heavy (non-hydrogen) atoms. The van der Waals surface area contributed by atoms with Crippen molar-refractivity contribution in [1.82, 2.24) is 0 Å². The molecule has 0 fully saturated rings. The number of aryl methyl sites for hydroxylation is 1. The van der Waals surface area contributed by atoms with Crippen LogP contribution in [0.4, 0.5) is 17.3 Å². The van der Waals surface area contributed by atoms with Crippen LogP contribution in [0.15, 0.2) is 60.7 Å². The lowest BCUT2D eigenvalue weighted by Crippen LogP contribution is -2.47. The van der Waals surface area contributed by atoms with Crippen LogP contribution in [0, 0.1) is 0 Å². The minimum absolute atomic E-state index is 0.0944. The number of pyridine rings is 1. The summed E-state index contributed by atoms with van der Waals surface area (Å²) in [7, 11) is -6.00. The van der Waals surface area contributed by atoms with E-state index in [2.05, 4.69) is 92.9 Å². The molecular formula is C28H34BF4N. The van der Waals surface area contributed by atoms with Gasteiger partial charge in [0, 0.05) is 29.0 Å². The first-order chi connectivity index (χ1) is 16.0. The van der Waals surface area contributed by atoms with Crippen molar-refractivity contribution in [2.24, 2.45) is 0 Å². The van der Waals surface area contributed by atoms with Crippen LogP contribution in [0.2, 0.25) is 0 Å². The van der Waals surface area contributed by atoms with E-state index in [0.717, 1.165) is 19.4 Å². The van der Waals surface area contributed by atoms with Crippen molar-refractivity contribution in [3.05, 3.63) is 77.5 Å². The van der Waals surface area contributed by atoms with Crippen molar-refractivity contribution in [3.63, 3.8) is 0 Å². The highest BCUT2D eigenvalue weighted by atomic mass is 19.5. The van der Waals surface area contributed by atoms with Gasteiger partial charge >= 0.3 is 7.25 Å². The highest BCUT2D eigenvalue weighted by Crippen LogP contribution is 2.39. The van der Waals surface area contributed by atoms with Crippen LogP contribution >= 0.6 is 0 Å². The highest BCUT2D eigenvalue weighted by Gasteiger charge is 2.35. The van der Waals surface area contributed by atoms with Crippen LogP contribution in [-0.2, 0) is 24.8 Å². The van der Waals surface area contributed by atoms with Gasteiger partial charge in [0.15, 0.2) is 5.69 Å². The number of rotatable bonds is 5. The number of halogens is 4. The van der Waals surface area contributed by atoms with Gasteiger partial charge in [-0.25, -0.2) is 0 Å². The SMILES string of the molecule is CCCCC[n+]1c(C(C)(C)C)cc(-c2ccccc2)c2c1-c1ccccc1CC2.F[B-](F)(F)F. The molecule has 0 saturated heterocycles. The van der Waals surface area contributed by atoms with Gasteiger partial charge < -0.3 is 17.3 Å². The third-order valence-corrected chi connectivity index (χ3v) is 6.21. The lowest BCUT2D eigenvalue weighted by atomic mass is 9.81. The van der Waals surface area contributed by atoms with Gasteiger partial charge in [-0.3, -0.25) is 0 Å². The summed E-state index contributed by atoms with van der Waals surface area (Å²) in [6.45, 7) is 10.5. The molecule has 0 radical (unpaired) electrons.